The maximum absolute atomic E-state index is 11.5. The maximum Gasteiger partial charge on any atom is 0.324 e. The van der Waals surface area contributed by atoms with Crippen molar-refractivity contribution in [1.82, 2.24) is 4.31 Å². The number of carbonyl (C=O) groups is 1. The first-order valence-corrected chi connectivity index (χ1v) is 7.04. The first kappa shape index (κ1) is 8.97. The summed E-state index contributed by atoms with van der Waals surface area (Å²) in [5.41, 5.74) is 0. The molecule has 0 radical (unpaired) electrons. The van der Waals surface area contributed by atoms with E-state index in [4.69, 9.17) is 10.7 Å². The molecule has 1 heterocycles. The van der Waals surface area contributed by atoms with E-state index in [1.54, 1.807) is 0 Å². The normalized spacial score (nSPS) is 45.2. The highest BCUT2D eigenvalue weighted by Gasteiger charge is 2.64. The molecule has 3 rings (SSSR count). The van der Waals surface area contributed by atoms with Crippen LogP contribution >= 0.6 is 10.7 Å². The second-order valence-electron chi connectivity index (χ2n) is 4.43. The smallest absolute Gasteiger partial charge is 0.273 e. The van der Waals surface area contributed by atoms with Crippen molar-refractivity contribution < 1.29 is 13.2 Å². The Bertz CT molecular complexity index is 407. The van der Waals surface area contributed by atoms with Crippen LogP contribution in [0, 0.1) is 17.8 Å². The number of nitrogens with zero attached hydrogens (tertiary/aromatic N) is 1. The van der Waals surface area contributed by atoms with Crippen molar-refractivity contribution in [1.29, 1.82) is 0 Å². The van der Waals surface area contributed by atoms with Crippen LogP contribution in [0.3, 0.4) is 0 Å². The standard InChI is InChI=1S/C8H10ClNO3S/c9-14(12,13)10-7-5-2-1-4(3-5)6(7)8(10)11/h4-7H,1-3H2/t4-,5-,6-,7+/m0/s1. The third kappa shape index (κ3) is 0.896. The Morgan fingerprint density at radius 3 is 2.57 bits per heavy atom. The number of β-lactam (4-membered cyclic amide) rings is 1. The van der Waals surface area contributed by atoms with Crippen LogP contribution in [0.25, 0.3) is 0 Å². The summed E-state index contributed by atoms with van der Waals surface area (Å²) in [5.74, 6) is 0.475. The molecule has 0 aromatic heterocycles. The van der Waals surface area contributed by atoms with Gasteiger partial charge in [-0.15, -0.1) is 0 Å². The molecule has 1 aliphatic heterocycles. The highest BCUT2D eigenvalue weighted by molar-refractivity contribution is 8.12. The lowest BCUT2D eigenvalue weighted by atomic mass is 9.78. The third-order valence-corrected chi connectivity index (χ3v) is 5.22. The fraction of sp³-hybridized carbons (Fsp3) is 0.875. The topological polar surface area (TPSA) is 54.5 Å². The van der Waals surface area contributed by atoms with Gasteiger partial charge in [0.25, 0.3) is 0 Å². The van der Waals surface area contributed by atoms with Crippen LogP contribution in [0.1, 0.15) is 19.3 Å². The Balaban J connectivity index is 1.97. The molecular weight excluding hydrogens is 226 g/mol. The van der Waals surface area contributed by atoms with Crippen LogP contribution in [-0.2, 0) is 14.0 Å². The molecular formula is C8H10ClNO3S. The molecule has 0 aromatic rings. The summed E-state index contributed by atoms with van der Waals surface area (Å²) in [7, 11) is 1.37. The number of fused-ring (bicyclic) bond motifs is 5. The summed E-state index contributed by atoms with van der Waals surface area (Å²) in [4.78, 5) is 11.5. The summed E-state index contributed by atoms with van der Waals surface area (Å²) >= 11 is 0. The van der Waals surface area contributed by atoms with Crippen LogP contribution in [0.15, 0.2) is 0 Å². The highest BCUT2D eigenvalue weighted by atomic mass is 35.7. The highest BCUT2D eigenvalue weighted by Crippen LogP contribution is 2.57. The molecule has 6 heteroatoms. The Hall–Kier alpha value is -0.290. The molecule has 0 N–H and O–H groups in total. The quantitative estimate of drug-likeness (QED) is 0.497. The van der Waals surface area contributed by atoms with Crippen molar-refractivity contribution in [3.05, 3.63) is 0 Å². The predicted octanol–water partition coefficient (Wildman–Crippen LogP) is 0.727. The number of carbonyl (C=O) groups excluding carboxylic acids is 1. The molecule has 4 atom stereocenters. The molecule has 1 saturated heterocycles. The van der Waals surface area contributed by atoms with Crippen molar-refractivity contribution in [2.75, 3.05) is 0 Å². The third-order valence-electron chi connectivity index (χ3n) is 3.88. The Kier molecular flexibility index (Phi) is 1.57. The lowest BCUT2D eigenvalue weighted by Crippen LogP contribution is -2.63. The fourth-order valence-corrected chi connectivity index (χ4v) is 4.82. The van der Waals surface area contributed by atoms with E-state index in [1.807, 2.05) is 0 Å². The molecule has 3 fully saturated rings. The van der Waals surface area contributed by atoms with E-state index in [-0.39, 0.29) is 17.9 Å². The predicted molar refractivity (Wildman–Crippen MR) is 49.7 cm³/mol. The van der Waals surface area contributed by atoms with E-state index in [2.05, 4.69) is 0 Å². The van der Waals surface area contributed by atoms with Gasteiger partial charge in [0, 0.05) is 10.7 Å². The van der Waals surface area contributed by atoms with Gasteiger partial charge in [-0.2, -0.15) is 8.42 Å². The van der Waals surface area contributed by atoms with Crippen LogP contribution in [0.4, 0.5) is 0 Å². The first-order chi connectivity index (χ1) is 6.50. The van der Waals surface area contributed by atoms with E-state index in [0.717, 1.165) is 23.6 Å². The van der Waals surface area contributed by atoms with Gasteiger partial charge in [0.1, 0.15) is 0 Å². The SMILES string of the molecule is O=C1[C@H]2[C@H]3CC[C@@H](C3)[C@H]2N1S(=O)(=O)Cl. The molecule has 2 saturated carbocycles. The molecule has 2 bridgehead atoms. The van der Waals surface area contributed by atoms with Crippen molar-refractivity contribution in [2.24, 2.45) is 17.8 Å². The number of hydrogen-bond donors (Lipinski definition) is 0. The van der Waals surface area contributed by atoms with Gasteiger partial charge in [-0.3, -0.25) is 4.79 Å². The van der Waals surface area contributed by atoms with Gasteiger partial charge < -0.3 is 0 Å². The molecule has 78 valence electrons. The van der Waals surface area contributed by atoms with Crippen LogP contribution in [-0.4, -0.2) is 24.7 Å². The van der Waals surface area contributed by atoms with E-state index in [0.29, 0.717) is 11.8 Å². The zero-order chi connectivity index (χ0) is 10.1. The minimum atomic E-state index is -3.84. The lowest BCUT2D eigenvalue weighted by molar-refractivity contribution is -0.149. The molecule has 0 unspecified atom stereocenters. The van der Waals surface area contributed by atoms with Gasteiger partial charge in [-0.1, -0.05) is 0 Å². The number of hydrogen-bond acceptors (Lipinski definition) is 3. The second-order valence-corrected chi connectivity index (χ2v) is 6.81. The average molecular weight is 236 g/mol. The van der Waals surface area contributed by atoms with Gasteiger partial charge in [0.2, 0.25) is 5.91 Å². The maximum atomic E-state index is 11.5. The Morgan fingerprint density at radius 1 is 1.29 bits per heavy atom. The lowest BCUT2D eigenvalue weighted by Gasteiger charge is -2.46. The summed E-state index contributed by atoms with van der Waals surface area (Å²) < 4.78 is 23.1. The number of rotatable bonds is 1. The summed E-state index contributed by atoms with van der Waals surface area (Å²) in [5, 5.41) is 0. The number of amides is 1. The molecule has 14 heavy (non-hydrogen) atoms. The van der Waals surface area contributed by atoms with Crippen molar-refractivity contribution in [3.63, 3.8) is 0 Å². The van der Waals surface area contributed by atoms with E-state index in [9.17, 15) is 13.2 Å². The van der Waals surface area contributed by atoms with Crippen molar-refractivity contribution >= 4 is 25.8 Å². The first-order valence-electron chi connectivity index (χ1n) is 4.78. The van der Waals surface area contributed by atoms with Crippen molar-refractivity contribution in [2.45, 2.75) is 25.3 Å². The summed E-state index contributed by atoms with van der Waals surface area (Å²) in [6.07, 6.45) is 3.12. The van der Waals surface area contributed by atoms with Gasteiger partial charge in [0.05, 0.1) is 12.0 Å². The monoisotopic (exact) mass is 235 g/mol. The molecule has 1 amide bonds. The summed E-state index contributed by atoms with van der Waals surface area (Å²) in [6.45, 7) is 0. The van der Waals surface area contributed by atoms with Gasteiger partial charge in [0.15, 0.2) is 0 Å². The largest absolute Gasteiger partial charge is 0.324 e. The van der Waals surface area contributed by atoms with Gasteiger partial charge in [-0.05, 0) is 31.1 Å². The molecule has 4 nitrogen and oxygen atoms in total. The average Bonchev–Trinajstić information content (AvgIpc) is 2.55. The summed E-state index contributed by atoms with van der Waals surface area (Å²) in [6, 6.07) is -0.108. The zero-order valence-corrected chi connectivity index (χ0v) is 8.96. The van der Waals surface area contributed by atoms with Crippen LogP contribution in [0.5, 0.6) is 0 Å². The fourth-order valence-electron chi connectivity index (χ4n) is 3.41. The molecule has 3 aliphatic rings. The van der Waals surface area contributed by atoms with E-state index in [1.165, 1.54) is 0 Å². The molecule has 0 spiro atoms. The minimum absolute atomic E-state index is 0.0396. The Morgan fingerprint density at radius 2 is 1.93 bits per heavy atom. The van der Waals surface area contributed by atoms with Crippen molar-refractivity contribution in [3.8, 4) is 0 Å². The van der Waals surface area contributed by atoms with Gasteiger partial charge in [-0.25, -0.2) is 4.31 Å². The molecule has 0 aromatic carbocycles. The zero-order valence-electron chi connectivity index (χ0n) is 7.39. The number of halogens is 1. The van der Waals surface area contributed by atoms with Crippen LogP contribution in [0.2, 0.25) is 0 Å². The minimum Gasteiger partial charge on any atom is -0.273 e. The van der Waals surface area contributed by atoms with E-state index >= 15 is 0 Å². The second kappa shape index (κ2) is 2.44. The molecule has 2 aliphatic carbocycles. The Labute approximate surface area is 86.8 Å². The van der Waals surface area contributed by atoms with Crippen LogP contribution < -0.4 is 0 Å². The van der Waals surface area contributed by atoms with E-state index < -0.39 is 9.24 Å². The van der Waals surface area contributed by atoms with Gasteiger partial charge >= 0.3 is 9.24 Å².